The molecule has 3 nitrogen and oxygen atoms in total. The number of nitrogens with one attached hydrogen (secondary N) is 2. The van der Waals surface area contributed by atoms with E-state index in [-0.39, 0.29) is 16.8 Å². The summed E-state index contributed by atoms with van der Waals surface area (Å²) in [5, 5.41) is 6.14. The Morgan fingerprint density at radius 1 is 1.56 bits per heavy atom. The third-order valence-electron chi connectivity index (χ3n) is 3.12. The lowest BCUT2D eigenvalue weighted by atomic mass is 9.99. The lowest BCUT2D eigenvalue weighted by Gasteiger charge is -2.21. The van der Waals surface area contributed by atoms with Gasteiger partial charge in [-0.05, 0) is 37.1 Å². The monoisotopic (exact) mass is 270 g/mol. The van der Waals surface area contributed by atoms with Crippen molar-refractivity contribution in [1.29, 1.82) is 0 Å². The zero-order chi connectivity index (χ0) is 13.0. The lowest BCUT2D eigenvalue weighted by Crippen LogP contribution is -2.40. The maximum absolute atomic E-state index is 13.0. The van der Waals surface area contributed by atoms with Gasteiger partial charge in [0.05, 0.1) is 10.9 Å². The van der Waals surface area contributed by atoms with Gasteiger partial charge in [0.2, 0.25) is 5.91 Å². The number of benzene rings is 1. The molecule has 1 heterocycles. The molecule has 1 aliphatic heterocycles. The average molecular weight is 271 g/mol. The van der Waals surface area contributed by atoms with Gasteiger partial charge in [0, 0.05) is 13.1 Å². The van der Waals surface area contributed by atoms with Gasteiger partial charge >= 0.3 is 0 Å². The molecule has 0 saturated carbocycles. The molecule has 1 amide bonds. The van der Waals surface area contributed by atoms with Crippen LogP contribution >= 0.6 is 11.6 Å². The molecular weight excluding hydrogens is 255 g/mol. The fraction of sp³-hybridized carbons (Fsp3) is 0.462. The van der Waals surface area contributed by atoms with E-state index < -0.39 is 5.82 Å². The molecule has 1 aromatic carbocycles. The smallest absolute Gasteiger partial charge is 0.224 e. The quantitative estimate of drug-likeness (QED) is 0.883. The minimum Gasteiger partial charge on any atom is -0.352 e. The molecule has 0 radical (unpaired) electrons. The molecule has 0 aliphatic carbocycles. The van der Waals surface area contributed by atoms with Crippen molar-refractivity contribution >= 4 is 17.5 Å². The fourth-order valence-corrected chi connectivity index (χ4v) is 2.26. The van der Waals surface area contributed by atoms with E-state index in [9.17, 15) is 9.18 Å². The van der Waals surface area contributed by atoms with Crippen LogP contribution < -0.4 is 10.6 Å². The standard InChI is InChI=1S/C13H16ClFN2O/c14-11-6-9(3-4-12(11)15)7-17-13(18)10-2-1-5-16-8-10/h3-4,6,10,16H,1-2,5,7-8H2,(H,17,18). The Morgan fingerprint density at radius 3 is 3.06 bits per heavy atom. The van der Waals surface area contributed by atoms with E-state index in [0.29, 0.717) is 6.54 Å². The fourth-order valence-electron chi connectivity index (χ4n) is 2.06. The average Bonchev–Trinajstić information content (AvgIpc) is 2.41. The number of hydrogen-bond acceptors (Lipinski definition) is 2. The van der Waals surface area contributed by atoms with E-state index in [0.717, 1.165) is 31.5 Å². The molecule has 0 spiro atoms. The van der Waals surface area contributed by atoms with Crippen molar-refractivity contribution in [3.05, 3.63) is 34.6 Å². The van der Waals surface area contributed by atoms with Crippen molar-refractivity contribution in [1.82, 2.24) is 10.6 Å². The Morgan fingerprint density at radius 2 is 2.39 bits per heavy atom. The SMILES string of the molecule is O=C(NCc1ccc(F)c(Cl)c1)C1CCCNC1. The van der Waals surface area contributed by atoms with Gasteiger partial charge < -0.3 is 10.6 Å². The summed E-state index contributed by atoms with van der Waals surface area (Å²) in [6.45, 7) is 2.10. The summed E-state index contributed by atoms with van der Waals surface area (Å²) in [4.78, 5) is 11.9. The van der Waals surface area contributed by atoms with E-state index >= 15 is 0 Å². The Bertz CT molecular complexity index is 433. The molecule has 2 N–H and O–H groups in total. The maximum Gasteiger partial charge on any atom is 0.224 e. The van der Waals surface area contributed by atoms with Crippen LogP contribution in [-0.2, 0) is 11.3 Å². The number of carbonyl (C=O) groups excluding carboxylic acids is 1. The Labute approximate surface area is 111 Å². The topological polar surface area (TPSA) is 41.1 Å². The molecule has 2 rings (SSSR count). The second-order valence-electron chi connectivity index (χ2n) is 4.51. The number of hydrogen-bond donors (Lipinski definition) is 2. The zero-order valence-corrected chi connectivity index (χ0v) is 10.8. The van der Waals surface area contributed by atoms with Crippen LogP contribution in [0.3, 0.4) is 0 Å². The number of piperidine rings is 1. The molecule has 1 aromatic rings. The van der Waals surface area contributed by atoms with E-state index in [1.54, 1.807) is 6.07 Å². The summed E-state index contributed by atoms with van der Waals surface area (Å²) in [5.41, 5.74) is 0.804. The third-order valence-corrected chi connectivity index (χ3v) is 3.41. The predicted molar refractivity (Wildman–Crippen MR) is 68.9 cm³/mol. The van der Waals surface area contributed by atoms with Crippen molar-refractivity contribution in [2.24, 2.45) is 5.92 Å². The van der Waals surface area contributed by atoms with Crippen molar-refractivity contribution in [2.45, 2.75) is 19.4 Å². The van der Waals surface area contributed by atoms with Crippen LogP contribution in [0.15, 0.2) is 18.2 Å². The lowest BCUT2D eigenvalue weighted by molar-refractivity contribution is -0.125. The van der Waals surface area contributed by atoms with Gasteiger partial charge in [0.25, 0.3) is 0 Å². The summed E-state index contributed by atoms with van der Waals surface area (Å²) >= 11 is 5.68. The highest BCUT2D eigenvalue weighted by molar-refractivity contribution is 6.30. The molecule has 1 atom stereocenters. The molecule has 1 unspecified atom stereocenters. The Hall–Kier alpha value is -1.13. The second kappa shape index (κ2) is 6.16. The first-order chi connectivity index (χ1) is 8.66. The Kier molecular flexibility index (Phi) is 4.55. The zero-order valence-electron chi connectivity index (χ0n) is 10.0. The van der Waals surface area contributed by atoms with Crippen LogP contribution in [-0.4, -0.2) is 19.0 Å². The second-order valence-corrected chi connectivity index (χ2v) is 4.92. The van der Waals surface area contributed by atoms with Gasteiger partial charge in [-0.2, -0.15) is 0 Å². The molecule has 18 heavy (non-hydrogen) atoms. The van der Waals surface area contributed by atoms with Gasteiger partial charge in [-0.25, -0.2) is 4.39 Å². The highest BCUT2D eigenvalue weighted by atomic mass is 35.5. The highest BCUT2D eigenvalue weighted by Gasteiger charge is 2.20. The summed E-state index contributed by atoms with van der Waals surface area (Å²) in [5.74, 6) is -0.361. The summed E-state index contributed by atoms with van der Waals surface area (Å²) in [6.07, 6.45) is 1.95. The summed E-state index contributed by atoms with van der Waals surface area (Å²) in [6, 6.07) is 4.48. The number of halogens is 2. The normalized spacial score (nSPS) is 19.6. The predicted octanol–water partition coefficient (Wildman–Crippen LogP) is 2.09. The van der Waals surface area contributed by atoms with E-state index in [1.165, 1.54) is 12.1 Å². The van der Waals surface area contributed by atoms with Crippen LogP contribution in [0.4, 0.5) is 4.39 Å². The van der Waals surface area contributed by atoms with Gasteiger partial charge in [-0.3, -0.25) is 4.79 Å². The van der Waals surface area contributed by atoms with Crippen LogP contribution in [0, 0.1) is 11.7 Å². The summed E-state index contributed by atoms with van der Waals surface area (Å²) in [7, 11) is 0. The van der Waals surface area contributed by atoms with Crippen molar-refractivity contribution in [3.63, 3.8) is 0 Å². The van der Waals surface area contributed by atoms with Gasteiger partial charge in [-0.1, -0.05) is 17.7 Å². The molecule has 1 aliphatic rings. The van der Waals surface area contributed by atoms with E-state index in [1.807, 2.05) is 0 Å². The number of carbonyl (C=O) groups is 1. The van der Waals surface area contributed by atoms with Crippen LogP contribution in [0.2, 0.25) is 5.02 Å². The van der Waals surface area contributed by atoms with E-state index in [2.05, 4.69) is 10.6 Å². The molecule has 0 bridgehead atoms. The largest absolute Gasteiger partial charge is 0.352 e. The maximum atomic E-state index is 13.0. The van der Waals surface area contributed by atoms with Gasteiger partial charge in [-0.15, -0.1) is 0 Å². The van der Waals surface area contributed by atoms with Crippen LogP contribution in [0.5, 0.6) is 0 Å². The molecule has 0 aromatic heterocycles. The number of amides is 1. The van der Waals surface area contributed by atoms with Crippen molar-refractivity contribution in [2.75, 3.05) is 13.1 Å². The first kappa shape index (κ1) is 13.3. The van der Waals surface area contributed by atoms with Gasteiger partial charge in [0.15, 0.2) is 0 Å². The molecular formula is C13H16ClFN2O. The minimum absolute atomic E-state index is 0.0367. The Balaban J connectivity index is 1.86. The first-order valence-corrected chi connectivity index (χ1v) is 6.47. The molecule has 1 saturated heterocycles. The van der Waals surface area contributed by atoms with E-state index in [4.69, 9.17) is 11.6 Å². The van der Waals surface area contributed by atoms with Crippen LogP contribution in [0.1, 0.15) is 18.4 Å². The molecule has 1 fully saturated rings. The minimum atomic E-state index is -0.441. The first-order valence-electron chi connectivity index (χ1n) is 6.09. The van der Waals surface area contributed by atoms with Crippen molar-refractivity contribution in [3.8, 4) is 0 Å². The van der Waals surface area contributed by atoms with Gasteiger partial charge in [0.1, 0.15) is 5.82 Å². The van der Waals surface area contributed by atoms with Crippen LogP contribution in [0.25, 0.3) is 0 Å². The number of rotatable bonds is 3. The van der Waals surface area contributed by atoms with Crippen molar-refractivity contribution < 1.29 is 9.18 Å². The summed E-state index contributed by atoms with van der Waals surface area (Å²) < 4.78 is 13.0. The highest BCUT2D eigenvalue weighted by Crippen LogP contribution is 2.16. The third kappa shape index (κ3) is 3.43. The molecule has 5 heteroatoms. The molecule has 98 valence electrons.